The van der Waals surface area contributed by atoms with Gasteiger partial charge in [0.05, 0.1) is 41.4 Å². The molecule has 2 aromatic heterocycles. The molecule has 1 saturated heterocycles. The van der Waals surface area contributed by atoms with E-state index in [2.05, 4.69) is 22.2 Å². The molecule has 0 unspecified atom stereocenters. The van der Waals surface area contributed by atoms with Crippen molar-refractivity contribution in [2.45, 2.75) is 57.0 Å². The van der Waals surface area contributed by atoms with E-state index in [1.54, 1.807) is 24.7 Å². The molecule has 2 aliphatic carbocycles. The van der Waals surface area contributed by atoms with Crippen molar-refractivity contribution >= 4 is 34.1 Å². The molecule has 9 heteroatoms. The summed E-state index contributed by atoms with van der Waals surface area (Å²) in [6.07, 6.45) is 10.0. The number of aromatic nitrogens is 2. The molecule has 2 saturated carbocycles. The zero-order valence-electron chi connectivity index (χ0n) is 21.6. The summed E-state index contributed by atoms with van der Waals surface area (Å²) in [6, 6.07) is 6.91. The summed E-state index contributed by atoms with van der Waals surface area (Å²) in [5, 5.41) is 3.26. The first-order valence-electron chi connectivity index (χ1n) is 13.5. The smallest absolute Gasteiger partial charge is 0.257 e. The minimum atomic E-state index is -0.457. The van der Waals surface area contributed by atoms with E-state index in [0.717, 1.165) is 37.7 Å². The van der Waals surface area contributed by atoms with Crippen LogP contribution in [-0.2, 0) is 4.79 Å². The molecule has 3 N–H and O–H groups in total. The number of carbonyl (C=O) groups is 2. The lowest BCUT2D eigenvalue weighted by Gasteiger charge is -2.35. The highest BCUT2D eigenvalue weighted by molar-refractivity contribution is 6.12. The molecule has 3 aromatic rings. The van der Waals surface area contributed by atoms with Gasteiger partial charge in [0.2, 0.25) is 5.91 Å². The largest absolute Gasteiger partial charge is 0.359 e. The zero-order chi connectivity index (χ0) is 26.4. The van der Waals surface area contributed by atoms with Gasteiger partial charge in [0, 0.05) is 36.8 Å². The van der Waals surface area contributed by atoms with Gasteiger partial charge in [0.25, 0.3) is 5.91 Å². The number of amides is 2. The second-order valence-electron chi connectivity index (χ2n) is 11.1. The maximum atomic E-state index is 14.9. The minimum absolute atomic E-state index is 0.0908. The number of carbonyl (C=O) groups excluding carboxylic acids is 2. The number of nitrogens with zero attached hydrogens (tertiary/aromatic N) is 4. The van der Waals surface area contributed by atoms with Gasteiger partial charge in [-0.1, -0.05) is 6.92 Å². The number of nitrogens with one attached hydrogen (secondary N) is 1. The molecular weight excluding hydrogens is 483 g/mol. The Morgan fingerprint density at radius 1 is 1.13 bits per heavy atom. The van der Waals surface area contributed by atoms with Crippen molar-refractivity contribution in [2.75, 3.05) is 29.9 Å². The average molecular weight is 517 g/mol. The van der Waals surface area contributed by atoms with E-state index >= 15 is 0 Å². The molecular formula is C29H33FN6O2. The summed E-state index contributed by atoms with van der Waals surface area (Å²) in [7, 11) is 0. The standard InChI is InChI=1S/C29H33FN6O2/c1-17-10-18(12-19(31)11-17)22-6-7-32-15-26(22)34-29(38)23-4-5-25(30)24-13-21(14-33-28(23)24)35-8-9-36(20-2-3-20)27(37)16-35/h4-7,13-15,17-20H,2-3,8-12,16,31H2,1H3,(H,34,38)/t17-,18+,19-/m0/s1. The Morgan fingerprint density at radius 2 is 1.97 bits per heavy atom. The normalized spacial score (nSPS) is 24.1. The van der Waals surface area contributed by atoms with Crippen LogP contribution in [0.25, 0.3) is 10.9 Å². The van der Waals surface area contributed by atoms with Crippen molar-refractivity contribution in [3.8, 4) is 0 Å². The number of fused-ring (bicyclic) bond motifs is 1. The van der Waals surface area contributed by atoms with Crippen LogP contribution in [0.1, 0.15) is 60.9 Å². The molecule has 38 heavy (non-hydrogen) atoms. The molecule has 3 fully saturated rings. The number of pyridine rings is 2. The molecule has 0 bridgehead atoms. The Labute approximate surface area is 221 Å². The first-order chi connectivity index (χ1) is 18.4. The van der Waals surface area contributed by atoms with Crippen LogP contribution in [0.15, 0.2) is 42.9 Å². The maximum absolute atomic E-state index is 14.9. The average Bonchev–Trinajstić information content (AvgIpc) is 3.74. The second kappa shape index (κ2) is 9.94. The lowest BCUT2D eigenvalue weighted by molar-refractivity contribution is -0.131. The van der Waals surface area contributed by atoms with E-state index in [1.165, 1.54) is 12.1 Å². The van der Waals surface area contributed by atoms with Crippen LogP contribution in [0.2, 0.25) is 0 Å². The zero-order valence-corrected chi connectivity index (χ0v) is 21.6. The summed E-state index contributed by atoms with van der Waals surface area (Å²) < 4.78 is 14.9. The van der Waals surface area contributed by atoms with Gasteiger partial charge in [-0.15, -0.1) is 0 Å². The Hall–Kier alpha value is -3.59. The summed E-state index contributed by atoms with van der Waals surface area (Å²) in [5.41, 5.74) is 9.21. The number of anilines is 2. The van der Waals surface area contributed by atoms with Crippen molar-refractivity contribution in [3.63, 3.8) is 0 Å². The van der Waals surface area contributed by atoms with Gasteiger partial charge >= 0.3 is 0 Å². The third kappa shape index (κ3) is 4.82. The van der Waals surface area contributed by atoms with E-state index in [1.807, 2.05) is 15.9 Å². The number of piperazine rings is 1. The summed E-state index contributed by atoms with van der Waals surface area (Å²) in [4.78, 5) is 38.7. The van der Waals surface area contributed by atoms with Crippen molar-refractivity contribution in [1.29, 1.82) is 0 Å². The third-order valence-electron chi connectivity index (χ3n) is 8.16. The molecule has 3 atom stereocenters. The van der Waals surface area contributed by atoms with Gasteiger partial charge in [0.15, 0.2) is 0 Å². The van der Waals surface area contributed by atoms with Crippen LogP contribution in [0.4, 0.5) is 15.8 Å². The Balaban J connectivity index is 1.25. The van der Waals surface area contributed by atoms with Crippen molar-refractivity contribution in [2.24, 2.45) is 11.7 Å². The fourth-order valence-corrected chi connectivity index (χ4v) is 6.18. The SMILES string of the molecule is C[C@@H]1C[C@H](N)C[C@H](c2ccncc2NC(=O)c2ccc(F)c3cc(N4CCN(C5CC5)C(=O)C4)cnc23)C1. The Bertz CT molecular complexity index is 1380. The quantitative estimate of drug-likeness (QED) is 0.530. The van der Waals surface area contributed by atoms with Crippen molar-refractivity contribution in [1.82, 2.24) is 14.9 Å². The van der Waals surface area contributed by atoms with Gasteiger partial charge < -0.3 is 20.9 Å². The first-order valence-corrected chi connectivity index (χ1v) is 13.5. The molecule has 3 heterocycles. The van der Waals surface area contributed by atoms with E-state index < -0.39 is 5.82 Å². The summed E-state index contributed by atoms with van der Waals surface area (Å²) >= 11 is 0. The van der Waals surface area contributed by atoms with Crippen LogP contribution in [0.3, 0.4) is 0 Å². The third-order valence-corrected chi connectivity index (χ3v) is 8.16. The highest BCUT2D eigenvalue weighted by atomic mass is 19.1. The molecule has 2 amide bonds. The minimum Gasteiger partial charge on any atom is -0.359 e. The summed E-state index contributed by atoms with van der Waals surface area (Å²) in [5.74, 6) is 0.00711. The Morgan fingerprint density at radius 3 is 2.74 bits per heavy atom. The number of nitrogens with two attached hydrogens (primary N) is 1. The maximum Gasteiger partial charge on any atom is 0.257 e. The van der Waals surface area contributed by atoms with Crippen LogP contribution in [-0.4, -0.2) is 58.4 Å². The Kier molecular flexibility index (Phi) is 6.47. The summed E-state index contributed by atoms with van der Waals surface area (Å²) in [6.45, 7) is 3.78. The topological polar surface area (TPSA) is 104 Å². The van der Waals surface area contributed by atoms with E-state index in [0.29, 0.717) is 36.4 Å². The second-order valence-corrected chi connectivity index (χ2v) is 11.1. The number of hydrogen-bond donors (Lipinski definition) is 2. The van der Waals surface area contributed by atoms with Gasteiger partial charge in [-0.3, -0.25) is 19.6 Å². The molecule has 0 spiro atoms. The molecule has 6 rings (SSSR count). The number of halogens is 1. The first kappa shape index (κ1) is 24.7. The fraction of sp³-hybridized carbons (Fsp3) is 0.448. The molecule has 1 aromatic carbocycles. The lowest BCUT2D eigenvalue weighted by atomic mass is 9.76. The highest BCUT2D eigenvalue weighted by Gasteiger charge is 2.36. The molecule has 8 nitrogen and oxygen atoms in total. The molecule has 1 aliphatic heterocycles. The van der Waals surface area contributed by atoms with E-state index in [-0.39, 0.29) is 46.8 Å². The van der Waals surface area contributed by atoms with Gasteiger partial charge in [-0.05, 0) is 73.8 Å². The van der Waals surface area contributed by atoms with Gasteiger partial charge in [-0.25, -0.2) is 4.39 Å². The monoisotopic (exact) mass is 516 g/mol. The van der Waals surface area contributed by atoms with E-state index in [4.69, 9.17) is 5.73 Å². The molecule has 198 valence electrons. The molecule has 0 radical (unpaired) electrons. The number of hydrogen-bond acceptors (Lipinski definition) is 6. The molecule has 3 aliphatic rings. The predicted molar refractivity (Wildman–Crippen MR) is 145 cm³/mol. The van der Waals surface area contributed by atoms with Gasteiger partial charge in [-0.2, -0.15) is 0 Å². The van der Waals surface area contributed by atoms with Crippen LogP contribution < -0.4 is 16.0 Å². The van der Waals surface area contributed by atoms with Crippen LogP contribution in [0.5, 0.6) is 0 Å². The van der Waals surface area contributed by atoms with Gasteiger partial charge in [0.1, 0.15) is 5.82 Å². The van der Waals surface area contributed by atoms with E-state index in [9.17, 15) is 14.0 Å². The number of rotatable bonds is 5. The number of benzene rings is 1. The fourth-order valence-electron chi connectivity index (χ4n) is 6.18. The van der Waals surface area contributed by atoms with Crippen molar-refractivity contribution in [3.05, 3.63) is 59.8 Å². The van der Waals surface area contributed by atoms with Crippen LogP contribution >= 0.6 is 0 Å². The lowest BCUT2D eigenvalue weighted by Crippen LogP contribution is -2.51. The van der Waals surface area contributed by atoms with Crippen LogP contribution in [0, 0.1) is 11.7 Å². The van der Waals surface area contributed by atoms with Crippen molar-refractivity contribution < 1.29 is 14.0 Å². The highest BCUT2D eigenvalue weighted by Crippen LogP contribution is 2.38. The predicted octanol–water partition coefficient (Wildman–Crippen LogP) is 4.06.